The van der Waals surface area contributed by atoms with E-state index in [1.807, 2.05) is 0 Å². The SMILES string of the molecule is CC(C)=NNC(=O)c1n[nH]c(C)c1N=NN(C)C. The van der Waals surface area contributed by atoms with Crippen molar-refractivity contribution in [3.8, 4) is 0 Å². The second kappa shape index (κ2) is 5.89. The number of hydrogen-bond donors (Lipinski definition) is 2. The fourth-order valence-electron chi connectivity index (χ4n) is 1.05. The maximum absolute atomic E-state index is 11.8. The third-order valence-electron chi connectivity index (χ3n) is 1.83. The summed E-state index contributed by atoms with van der Waals surface area (Å²) in [5, 5.41) is 19.8. The van der Waals surface area contributed by atoms with Gasteiger partial charge in [-0.15, -0.1) is 5.11 Å². The topological polar surface area (TPSA) is 98.1 Å². The van der Waals surface area contributed by atoms with E-state index >= 15 is 0 Å². The zero-order valence-corrected chi connectivity index (χ0v) is 11.1. The number of carbonyl (C=O) groups is 1. The van der Waals surface area contributed by atoms with Crippen molar-refractivity contribution in [1.29, 1.82) is 0 Å². The molecule has 1 rings (SSSR count). The number of hydrazone groups is 1. The third kappa shape index (κ3) is 3.65. The first-order valence-electron chi connectivity index (χ1n) is 5.37. The third-order valence-corrected chi connectivity index (χ3v) is 1.83. The average Bonchev–Trinajstić information content (AvgIpc) is 2.64. The fraction of sp³-hybridized carbons (Fsp3) is 0.500. The molecule has 0 aliphatic carbocycles. The van der Waals surface area contributed by atoms with E-state index in [1.165, 1.54) is 5.01 Å². The van der Waals surface area contributed by atoms with Crippen molar-refractivity contribution in [3.63, 3.8) is 0 Å². The normalized spacial score (nSPS) is 10.5. The Kier molecular flexibility index (Phi) is 4.52. The smallest absolute Gasteiger partial charge is 0.285 e. The van der Waals surface area contributed by atoms with E-state index in [4.69, 9.17) is 0 Å². The summed E-state index contributed by atoms with van der Waals surface area (Å²) in [6, 6.07) is 0. The van der Waals surface area contributed by atoms with Crippen LogP contribution >= 0.6 is 0 Å². The van der Waals surface area contributed by atoms with Crippen LogP contribution in [0.4, 0.5) is 5.69 Å². The van der Waals surface area contributed by atoms with Crippen LogP contribution in [0.2, 0.25) is 0 Å². The molecule has 8 heteroatoms. The minimum Gasteiger partial charge on any atom is -0.285 e. The number of aryl methyl sites for hydroxylation is 1. The van der Waals surface area contributed by atoms with Gasteiger partial charge in [-0.1, -0.05) is 5.22 Å². The van der Waals surface area contributed by atoms with E-state index in [-0.39, 0.29) is 5.69 Å². The highest BCUT2D eigenvalue weighted by molar-refractivity contribution is 5.97. The molecule has 0 fully saturated rings. The summed E-state index contributed by atoms with van der Waals surface area (Å²) in [5.74, 6) is -0.423. The molecular formula is C10H17N7O. The Morgan fingerprint density at radius 3 is 2.61 bits per heavy atom. The molecule has 2 N–H and O–H groups in total. The molecule has 0 saturated carbocycles. The summed E-state index contributed by atoms with van der Waals surface area (Å²) in [4.78, 5) is 11.8. The van der Waals surface area contributed by atoms with Crippen molar-refractivity contribution in [2.45, 2.75) is 20.8 Å². The summed E-state index contributed by atoms with van der Waals surface area (Å²) < 4.78 is 0. The minimum atomic E-state index is -0.423. The van der Waals surface area contributed by atoms with Gasteiger partial charge >= 0.3 is 0 Å². The minimum absolute atomic E-state index is 0.170. The molecule has 1 aromatic rings. The lowest BCUT2D eigenvalue weighted by Crippen LogP contribution is -2.19. The Bertz CT molecular complexity index is 482. The lowest BCUT2D eigenvalue weighted by molar-refractivity contribution is 0.0950. The summed E-state index contributed by atoms with van der Waals surface area (Å²) in [6.07, 6.45) is 0. The lowest BCUT2D eigenvalue weighted by atomic mass is 10.3. The van der Waals surface area contributed by atoms with Gasteiger partial charge in [-0.3, -0.25) is 14.9 Å². The van der Waals surface area contributed by atoms with Crippen LogP contribution in [-0.4, -0.2) is 40.9 Å². The number of aromatic nitrogens is 2. The Morgan fingerprint density at radius 1 is 1.39 bits per heavy atom. The van der Waals surface area contributed by atoms with Crippen LogP contribution in [0.5, 0.6) is 0 Å². The van der Waals surface area contributed by atoms with Gasteiger partial charge in [0.2, 0.25) is 0 Å². The van der Waals surface area contributed by atoms with Crippen LogP contribution in [0.1, 0.15) is 30.0 Å². The predicted octanol–water partition coefficient (Wildman–Crippen LogP) is 1.40. The quantitative estimate of drug-likeness (QED) is 0.480. The van der Waals surface area contributed by atoms with Crippen molar-refractivity contribution >= 4 is 17.3 Å². The Morgan fingerprint density at radius 2 is 2.06 bits per heavy atom. The maximum atomic E-state index is 11.8. The monoisotopic (exact) mass is 251 g/mol. The van der Waals surface area contributed by atoms with Gasteiger partial charge in [0.15, 0.2) is 5.69 Å². The number of H-pyrrole nitrogens is 1. The average molecular weight is 251 g/mol. The summed E-state index contributed by atoms with van der Waals surface area (Å²) in [6.45, 7) is 5.33. The molecule has 0 aliphatic rings. The van der Waals surface area contributed by atoms with Gasteiger partial charge < -0.3 is 0 Å². The molecule has 8 nitrogen and oxygen atoms in total. The number of hydrogen-bond acceptors (Lipinski definition) is 5. The first kappa shape index (κ1) is 13.8. The van der Waals surface area contributed by atoms with E-state index in [0.29, 0.717) is 11.4 Å². The molecule has 0 spiro atoms. The summed E-state index contributed by atoms with van der Waals surface area (Å²) in [7, 11) is 3.48. The van der Waals surface area contributed by atoms with Gasteiger partial charge in [-0.25, -0.2) is 5.43 Å². The Labute approximate surface area is 105 Å². The van der Waals surface area contributed by atoms with Gasteiger partial charge in [0.05, 0.1) is 5.69 Å². The van der Waals surface area contributed by atoms with Crippen molar-refractivity contribution in [2.75, 3.05) is 14.1 Å². The first-order valence-corrected chi connectivity index (χ1v) is 5.37. The van der Waals surface area contributed by atoms with Gasteiger partial charge in [0.1, 0.15) is 5.69 Å². The first-order chi connectivity index (χ1) is 8.41. The fourth-order valence-corrected chi connectivity index (χ4v) is 1.05. The highest BCUT2D eigenvalue weighted by atomic mass is 16.2. The number of aromatic amines is 1. The molecule has 0 aromatic carbocycles. The maximum Gasteiger partial charge on any atom is 0.294 e. The molecule has 1 heterocycles. The van der Waals surface area contributed by atoms with Crippen LogP contribution in [0.15, 0.2) is 15.4 Å². The molecule has 0 aliphatic heterocycles. The van der Waals surface area contributed by atoms with E-state index < -0.39 is 5.91 Å². The standard InChI is InChI=1S/C10H17N7O/c1-6(2)11-15-10(18)9-8(7(3)12-13-9)14-16-17(4)5/h1-5H3,(H,12,13)(H,15,18). The molecule has 0 bridgehead atoms. The van der Waals surface area contributed by atoms with Crippen LogP contribution in [0.3, 0.4) is 0 Å². The second-order valence-corrected chi connectivity index (χ2v) is 4.08. The van der Waals surface area contributed by atoms with Crippen LogP contribution in [0.25, 0.3) is 0 Å². The van der Waals surface area contributed by atoms with Crippen LogP contribution in [0, 0.1) is 6.92 Å². The number of amides is 1. The molecular weight excluding hydrogens is 234 g/mol. The number of carbonyl (C=O) groups excluding carboxylic acids is 1. The molecule has 1 aromatic heterocycles. The van der Waals surface area contributed by atoms with Crippen molar-refractivity contribution in [2.24, 2.45) is 15.4 Å². The van der Waals surface area contributed by atoms with Gasteiger partial charge in [0.25, 0.3) is 5.91 Å². The lowest BCUT2D eigenvalue weighted by Gasteiger charge is -2.01. The molecule has 18 heavy (non-hydrogen) atoms. The predicted molar refractivity (Wildman–Crippen MR) is 67.8 cm³/mol. The zero-order valence-electron chi connectivity index (χ0n) is 11.1. The molecule has 0 unspecified atom stereocenters. The molecule has 1 amide bonds. The zero-order chi connectivity index (χ0) is 13.7. The summed E-state index contributed by atoms with van der Waals surface area (Å²) in [5.41, 5.74) is 4.38. The Hall–Kier alpha value is -2.25. The molecule has 0 saturated heterocycles. The number of nitrogens with zero attached hydrogens (tertiary/aromatic N) is 5. The van der Waals surface area contributed by atoms with Gasteiger partial charge in [-0.2, -0.15) is 10.2 Å². The number of nitrogens with one attached hydrogen (secondary N) is 2. The van der Waals surface area contributed by atoms with Gasteiger partial charge in [-0.05, 0) is 20.8 Å². The highest BCUT2D eigenvalue weighted by Gasteiger charge is 2.17. The number of rotatable bonds is 4. The van der Waals surface area contributed by atoms with Crippen molar-refractivity contribution in [1.82, 2.24) is 20.6 Å². The van der Waals surface area contributed by atoms with Crippen LogP contribution < -0.4 is 5.43 Å². The van der Waals surface area contributed by atoms with E-state index in [0.717, 1.165) is 5.71 Å². The van der Waals surface area contributed by atoms with E-state index in [1.54, 1.807) is 34.9 Å². The highest BCUT2D eigenvalue weighted by Crippen LogP contribution is 2.21. The van der Waals surface area contributed by atoms with Crippen molar-refractivity contribution < 1.29 is 4.79 Å². The van der Waals surface area contributed by atoms with Gasteiger partial charge in [0, 0.05) is 19.8 Å². The molecule has 0 atom stereocenters. The molecule has 98 valence electrons. The summed E-state index contributed by atoms with van der Waals surface area (Å²) >= 11 is 0. The second-order valence-electron chi connectivity index (χ2n) is 4.08. The van der Waals surface area contributed by atoms with Crippen LogP contribution in [-0.2, 0) is 0 Å². The van der Waals surface area contributed by atoms with E-state index in [2.05, 4.69) is 31.1 Å². The molecule has 0 radical (unpaired) electrons. The largest absolute Gasteiger partial charge is 0.294 e. The Balaban J connectivity index is 2.96. The van der Waals surface area contributed by atoms with Crippen molar-refractivity contribution in [3.05, 3.63) is 11.4 Å². The van der Waals surface area contributed by atoms with E-state index in [9.17, 15) is 4.79 Å².